The van der Waals surface area contributed by atoms with Gasteiger partial charge < -0.3 is 15.3 Å². The lowest BCUT2D eigenvalue weighted by Gasteiger charge is -2.04. The summed E-state index contributed by atoms with van der Waals surface area (Å²) in [6, 6.07) is 10.1. The van der Waals surface area contributed by atoms with Gasteiger partial charge in [0.2, 0.25) is 5.75 Å². The van der Waals surface area contributed by atoms with Crippen molar-refractivity contribution in [3.05, 3.63) is 46.4 Å². The molecule has 0 aromatic heterocycles. The second kappa shape index (κ2) is 5.62. The summed E-state index contributed by atoms with van der Waals surface area (Å²) in [6.45, 7) is 0. The number of hydrogen-bond acceptors (Lipinski definition) is 5. The number of nitrogens with one attached hydrogen (secondary N) is 1. The normalized spacial score (nSPS) is 10.8. The van der Waals surface area contributed by atoms with E-state index >= 15 is 0 Å². The van der Waals surface area contributed by atoms with Crippen LogP contribution in [0, 0.1) is 0 Å². The molecule has 6 heteroatoms. The van der Waals surface area contributed by atoms with Crippen LogP contribution in [0.2, 0.25) is 0 Å². The number of phenols is 3. The minimum absolute atomic E-state index is 0.292. The molecule has 2 aromatic rings. The highest BCUT2D eigenvalue weighted by molar-refractivity contribution is 9.10. The average Bonchev–Trinajstić information content (AvgIpc) is 2.41. The molecule has 0 heterocycles. The fraction of sp³-hybridized carbons (Fsp3) is 0. The predicted octanol–water partition coefficient (Wildman–Crippen LogP) is 3.01. The van der Waals surface area contributed by atoms with Crippen molar-refractivity contribution in [2.45, 2.75) is 0 Å². The first-order valence-electron chi connectivity index (χ1n) is 5.36. The molecule has 0 unspecified atom stereocenters. The highest BCUT2D eigenvalue weighted by Gasteiger charge is 2.08. The van der Waals surface area contributed by atoms with Gasteiger partial charge in [0.15, 0.2) is 11.5 Å². The van der Waals surface area contributed by atoms with Crippen molar-refractivity contribution in [1.82, 2.24) is 0 Å². The first-order chi connectivity index (χ1) is 9.08. The Labute approximate surface area is 118 Å². The van der Waals surface area contributed by atoms with Gasteiger partial charge in [-0.25, -0.2) is 0 Å². The molecule has 0 radical (unpaired) electrons. The van der Waals surface area contributed by atoms with Gasteiger partial charge in [0.25, 0.3) is 0 Å². The molecule has 98 valence electrons. The minimum atomic E-state index is -0.562. The molecule has 0 spiro atoms. The van der Waals surface area contributed by atoms with Crippen molar-refractivity contribution in [3.8, 4) is 17.2 Å². The number of phenolic OH excluding ortho intramolecular Hbond substituents is 3. The lowest BCUT2D eigenvalue weighted by atomic mass is 10.2. The van der Waals surface area contributed by atoms with E-state index in [9.17, 15) is 15.3 Å². The zero-order valence-electron chi connectivity index (χ0n) is 9.71. The van der Waals surface area contributed by atoms with Crippen molar-refractivity contribution in [2.75, 3.05) is 5.43 Å². The van der Waals surface area contributed by atoms with E-state index in [-0.39, 0.29) is 5.75 Å². The Balaban J connectivity index is 2.11. The van der Waals surface area contributed by atoms with Gasteiger partial charge in [0.05, 0.1) is 11.9 Å². The summed E-state index contributed by atoms with van der Waals surface area (Å²) in [7, 11) is 0. The number of anilines is 1. The van der Waals surface area contributed by atoms with Crippen LogP contribution < -0.4 is 5.43 Å². The molecule has 0 saturated heterocycles. The maximum Gasteiger partial charge on any atom is 0.200 e. The van der Waals surface area contributed by atoms with Crippen LogP contribution in [-0.4, -0.2) is 21.5 Å². The van der Waals surface area contributed by atoms with E-state index in [1.807, 2.05) is 24.3 Å². The molecular weight excluding hydrogens is 312 g/mol. The smallest absolute Gasteiger partial charge is 0.200 e. The molecule has 2 aromatic carbocycles. The SMILES string of the molecule is Oc1ccc(/C=N/Nc2ccc(Br)cc2)c(O)c1O. The van der Waals surface area contributed by atoms with Crippen LogP contribution in [0.4, 0.5) is 5.69 Å². The lowest BCUT2D eigenvalue weighted by Crippen LogP contribution is -1.91. The Hall–Kier alpha value is -2.21. The molecule has 0 aliphatic rings. The highest BCUT2D eigenvalue weighted by Crippen LogP contribution is 2.36. The number of aromatic hydroxyl groups is 3. The van der Waals surface area contributed by atoms with Crippen LogP contribution in [0.3, 0.4) is 0 Å². The zero-order chi connectivity index (χ0) is 13.8. The van der Waals surface area contributed by atoms with Crippen LogP contribution >= 0.6 is 15.9 Å². The molecule has 0 saturated carbocycles. The Bertz CT molecular complexity index is 612. The van der Waals surface area contributed by atoms with E-state index in [0.717, 1.165) is 10.2 Å². The third-order valence-corrected chi connectivity index (χ3v) is 2.93. The summed E-state index contributed by atoms with van der Waals surface area (Å²) in [5.41, 5.74) is 3.85. The van der Waals surface area contributed by atoms with Crippen LogP contribution in [0.15, 0.2) is 46.0 Å². The first kappa shape index (κ1) is 13.2. The maximum atomic E-state index is 9.58. The summed E-state index contributed by atoms with van der Waals surface area (Å²) < 4.78 is 0.961. The van der Waals surface area contributed by atoms with Crippen LogP contribution in [0.1, 0.15) is 5.56 Å². The molecule has 5 nitrogen and oxygen atoms in total. The lowest BCUT2D eigenvalue weighted by molar-refractivity contribution is 0.367. The van der Waals surface area contributed by atoms with Gasteiger partial charge in [-0.1, -0.05) is 15.9 Å². The van der Waals surface area contributed by atoms with Gasteiger partial charge in [-0.3, -0.25) is 5.43 Å². The Kier molecular flexibility index (Phi) is 3.91. The van der Waals surface area contributed by atoms with E-state index < -0.39 is 11.5 Å². The van der Waals surface area contributed by atoms with E-state index in [1.54, 1.807) is 0 Å². The molecule has 0 bridgehead atoms. The van der Waals surface area contributed by atoms with E-state index in [1.165, 1.54) is 18.3 Å². The molecule has 0 atom stereocenters. The van der Waals surface area contributed by atoms with Crippen molar-refractivity contribution >= 4 is 27.8 Å². The summed E-state index contributed by atoms with van der Waals surface area (Å²) in [5.74, 6) is -1.36. The predicted molar refractivity (Wildman–Crippen MR) is 76.8 cm³/mol. The fourth-order valence-electron chi connectivity index (χ4n) is 1.39. The number of hydrogen-bond donors (Lipinski definition) is 4. The Morgan fingerprint density at radius 2 is 1.63 bits per heavy atom. The third-order valence-electron chi connectivity index (χ3n) is 2.40. The second-order valence-electron chi connectivity index (χ2n) is 3.75. The van der Waals surface area contributed by atoms with Crippen molar-refractivity contribution < 1.29 is 15.3 Å². The minimum Gasteiger partial charge on any atom is -0.504 e. The molecule has 0 aliphatic heterocycles. The van der Waals surface area contributed by atoms with Crippen molar-refractivity contribution in [2.24, 2.45) is 5.10 Å². The van der Waals surface area contributed by atoms with Gasteiger partial charge in [0, 0.05) is 10.0 Å². The average molecular weight is 323 g/mol. The standard InChI is InChI=1S/C13H11BrN2O3/c14-9-2-4-10(5-3-9)16-15-7-8-1-6-11(17)13(19)12(8)18/h1-7,16-19H/b15-7+. The Morgan fingerprint density at radius 3 is 2.32 bits per heavy atom. The number of nitrogens with zero attached hydrogens (tertiary/aromatic N) is 1. The van der Waals surface area contributed by atoms with Gasteiger partial charge in [-0.05, 0) is 36.4 Å². The molecule has 0 amide bonds. The van der Waals surface area contributed by atoms with Gasteiger partial charge in [-0.2, -0.15) is 5.10 Å². The van der Waals surface area contributed by atoms with Crippen LogP contribution in [0.5, 0.6) is 17.2 Å². The first-order valence-corrected chi connectivity index (χ1v) is 6.16. The fourth-order valence-corrected chi connectivity index (χ4v) is 1.65. The van der Waals surface area contributed by atoms with E-state index in [4.69, 9.17) is 0 Å². The number of hydrazone groups is 1. The topological polar surface area (TPSA) is 85.1 Å². The highest BCUT2D eigenvalue weighted by atomic mass is 79.9. The van der Waals surface area contributed by atoms with Crippen LogP contribution in [0.25, 0.3) is 0 Å². The van der Waals surface area contributed by atoms with E-state index in [2.05, 4.69) is 26.5 Å². The second-order valence-corrected chi connectivity index (χ2v) is 4.66. The van der Waals surface area contributed by atoms with E-state index in [0.29, 0.717) is 5.56 Å². The molecule has 4 N–H and O–H groups in total. The van der Waals surface area contributed by atoms with Crippen molar-refractivity contribution in [3.63, 3.8) is 0 Å². The van der Waals surface area contributed by atoms with Crippen LogP contribution in [-0.2, 0) is 0 Å². The number of rotatable bonds is 3. The molecule has 0 aliphatic carbocycles. The van der Waals surface area contributed by atoms with Crippen molar-refractivity contribution in [1.29, 1.82) is 0 Å². The summed E-state index contributed by atoms with van der Waals surface area (Å²) in [6.07, 6.45) is 1.34. The van der Waals surface area contributed by atoms with Gasteiger partial charge in [-0.15, -0.1) is 0 Å². The number of halogens is 1. The molecule has 0 fully saturated rings. The molecule has 2 rings (SSSR count). The van der Waals surface area contributed by atoms with Gasteiger partial charge >= 0.3 is 0 Å². The quantitative estimate of drug-likeness (QED) is 0.397. The molecular formula is C13H11BrN2O3. The Morgan fingerprint density at radius 1 is 0.947 bits per heavy atom. The van der Waals surface area contributed by atoms with Gasteiger partial charge in [0.1, 0.15) is 0 Å². The summed E-state index contributed by atoms with van der Waals surface area (Å²) >= 11 is 3.32. The monoisotopic (exact) mass is 322 g/mol. The summed E-state index contributed by atoms with van der Waals surface area (Å²) in [4.78, 5) is 0. The maximum absolute atomic E-state index is 9.58. The third kappa shape index (κ3) is 3.17. The largest absolute Gasteiger partial charge is 0.504 e. The number of benzene rings is 2. The molecule has 19 heavy (non-hydrogen) atoms. The zero-order valence-corrected chi connectivity index (χ0v) is 11.3. The summed E-state index contributed by atoms with van der Waals surface area (Å²) in [5, 5.41) is 32.0.